The molecule has 8 nitrogen and oxygen atoms in total. The third kappa shape index (κ3) is 6.44. The molecule has 2 aromatic carbocycles. The quantitative estimate of drug-likeness (QED) is 0.383. The molecule has 0 radical (unpaired) electrons. The van der Waals surface area contributed by atoms with Crippen molar-refractivity contribution < 1.29 is 19.1 Å². The minimum atomic E-state index is -0.698. The number of allylic oxidation sites excluding steroid dienone is 1. The zero-order chi connectivity index (χ0) is 26.2. The Hall–Kier alpha value is -3.81. The van der Waals surface area contributed by atoms with Crippen molar-refractivity contribution in [3.05, 3.63) is 70.9 Å². The molecule has 1 unspecified atom stereocenters. The summed E-state index contributed by atoms with van der Waals surface area (Å²) in [5.41, 5.74) is 3.96. The summed E-state index contributed by atoms with van der Waals surface area (Å²) in [5.74, 6) is -0.276. The Morgan fingerprint density at radius 3 is 2.53 bits per heavy atom. The van der Waals surface area contributed by atoms with Gasteiger partial charge >= 0.3 is 18.0 Å². The van der Waals surface area contributed by atoms with Crippen LogP contribution in [0, 0.1) is 5.92 Å². The predicted octanol–water partition coefficient (Wildman–Crippen LogP) is 5.84. The highest BCUT2D eigenvalue weighted by Crippen LogP contribution is 2.32. The molecule has 0 saturated carbocycles. The van der Waals surface area contributed by atoms with E-state index in [1.54, 1.807) is 30.0 Å². The number of esters is 1. The van der Waals surface area contributed by atoms with E-state index in [0.29, 0.717) is 29.1 Å². The molecule has 1 atom stereocenters. The average Bonchev–Trinajstić information content (AvgIpc) is 2.85. The molecule has 2 aromatic rings. The fraction of sp³-hybridized carbons (Fsp3) is 0.393. The smallest absolute Gasteiger partial charge is 0.338 e. The lowest BCUT2D eigenvalue weighted by Crippen LogP contribution is -2.48. The van der Waals surface area contributed by atoms with Crippen molar-refractivity contribution in [3.8, 4) is 0 Å². The molecule has 0 bridgehead atoms. The second-order valence-corrected chi connectivity index (χ2v) is 9.24. The van der Waals surface area contributed by atoms with Gasteiger partial charge in [0.2, 0.25) is 0 Å². The third-order valence-electron chi connectivity index (χ3n) is 5.94. The second-order valence-electron chi connectivity index (χ2n) is 9.24. The number of benzene rings is 2. The number of carbonyl (C=O) groups is 3. The zero-order valence-electron chi connectivity index (χ0n) is 21.7. The van der Waals surface area contributed by atoms with E-state index in [1.165, 1.54) is 0 Å². The minimum Gasteiger partial charge on any atom is -0.462 e. The molecule has 1 heterocycles. The van der Waals surface area contributed by atoms with E-state index < -0.39 is 12.0 Å². The Kier molecular flexibility index (Phi) is 9.11. The van der Waals surface area contributed by atoms with Crippen LogP contribution in [0.5, 0.6) is 0 Å². The van der Waals surface area contributed by atoms with Gasteiger partial charge in [-0.15, -0.1) is 0 Å². The van der Waals surface area contributed by atoms with Gasteiger partial charge in [0.25, 0.3) is 0 Å². The third-order valence-corrected chi connectivity index (χ3v) is 5.94. The molecule has 4 amide bonds. The molecule has 192 valence electrons. The number of urea groups is 2. The Morgan fingerprint density at radius 2 is 1.83 bits per heavy atom. The van der Waals surface area contributed by atoms with Crippen molar-refractivity contribution in [2.75, 3.05) is 23.8 Å². The number of nitrogens with one attached hydrogen (secondary N) is 3. The summed E-state index contributed by atoms with van der Waals surface area (Å²) in [6.07, 6.45) is 1.54. The summed E-state index contributed by atoms with van der Waals surface area (Å²) in [4.78, 5) is 40.3. The molecule has 8 heteroatoms. The van der Waals surface area contributed by atoms with Crippen LogP contribution in [0.15, 0.2) is 59.8 Å². The van der Waals surface area contributed by atoms with Crippen LogP contribution in [0.3, 0.4) is 0 Å². The average molecular weight is 493 g/mol. The Bertz CT molecular complexity index is 1140. The van der Waals surface area contributed by atoms with E-state index in [9.17, 15) is 14.4 Å². The van der Waals surface area contributed by atoms with Crippen LogP contribution in [0.25, 0.3) is 0 Å². The molecule has 1 aliphatic rings. The SMILES string of the molecule is CCCN1C(=O)NC(c2cccc(NC(=O)Nc3ccccc3CC)c2)C(C(=O)OCC(C)C)=C1C. The van der Waals surface area contributed by atoms with Gasteiger partial charge < -0.3 is 20.7 Å². The Labute approximate surface area is 213 Å². The molecule has 1 aliphatic heterocycles. The number of aryl methyl sites for hydroxylation is 1. The van der Waals surface area contributed by atoms with Crippen molar-refractivity contribution in [1.29, 1.82) is 0 Å². The van der Waals surface area contributed by atoms with Crippen LogP contribution < -0.4 is 16.0 Å². The number of anilines is 2. The predicted molar refractivity (Wildman–Crippen MR) is 142 cm³/mol. The van der Waals surface area contributed by atoms with Crippen LogP contribution in [-0.4, -0.2) is 36.1 Å². The van der Waals surface area contributed by atoms with Gasteiger partial charge in [-0.1, -0.05) is 58.0 Å². The van der Waals surface area contributed by atoms with Gasteiger partial charge in [-0.2, -0.15) is 0 Å². The molecular formula is C28H36N4O4. The molecule has 0 spiro atoms. The number of para-hydroxylation sites is 1. The highest BCUT2D eigenvalue weighted by molar-refractivity contribution is 6.00. The van der Waals surface area contributed by atoms with E-state index in [-0.39, 0.29) is 24.6 Å². The molecule has 3 N–H and O–H groups in total. The van der Waals surface area contributed by atoms with Gasteiger partial charge in [0.15, 0.2) is 0 Å². The van der Waals surface area contributed by atoms with Gasteiger partial charge in [0.05, 0.1) is 18.2 Å². The number of rotatable bonds is 9. The monoisotopic (exact) mass is 492 g/mol. The van der Waals surface area contributed by atoms with Gasteiger partial charge in [0, 0.05) is 23.6 Å². The molecule has 0 saturated heterocycles. The minimum absolute atomic E-state index is 0.183. The molecule has 3 rings (SSSR count). The first-order valence-corrected chi connectivity index (χ1v) is 12.5. The number of ether oxygens (including phenoxy) is 1. The molecule has 0 fully saturated rings. The van der Waals surface area contributed by atoms with Crippen LogP contribution in [0.1, 0.15) is 58.2 Å². The van der Waals surface area contributed by atoms with Crippen LogP contribution in [0.4, 0.5) is 21.0 Å². The normalized spacial score (nSPS) is 15.6. The first-order chi connectivity index (χ1) is 17.2. The molecular weight excluding hydrogens is 456 g/mol. The lowest BCUT2D eigenvalue weighted by molar-refractivity contribution is -0.140. The zero-order valence-corrected chi connectivity index (χ0v) is 21.7. The summed E-state index contributed by atoms with van der Waals surface area (Å²) >= 11 is 0. The van der Waals surface area contributed by atoms with E-state index in [1.807, 2.05) is 58.0 Å². The highest BCUT2D eigenvalue weighted by atomic mass is 16.5. The fourth-order valence-electron chi connectivity index (χ4n) is 4.14. The topological polar surface area (TPSA) is 99.8 Å². The molecule has 36 heavy (non-hydrogen) atoms. The first-order valence-electron chi connectivity index (χ1n) is 12.5. The Balaban J connectivity index is 1.87. The number of amides is 4. The van der Waals surface area contributed by atoms with Crippen molar-refractivity contribution in [2.24, 2.45) is 5.92 Å². The van der Waals surface area contributed by atoms with Gasteiger partial charge in [-0.25, -0.2) is 14.4 Å². The first kappa shape index (κ1) is 26.8. The van der Waals surface area contributed by atoms with Gasteiger partial charge in [-0.05, 0) is 55.0 Å². The van der Waals surface area contributed by atoms with Gasteiger partial charge in [-0.3, -0.25) is 4.90 Å². The van der Waals surface area contributed by atoms with Crippen LogP contribution in [0.2, 0.25) is 0 Å². The maximum atomic E-state index is 13.1. The fourth-order valence-corrected chi connectivity index (χ4v) is 4.14. The molecule has 0 aliphatic carbocycles. The standard InChI is InChI=1S/C28H36N4O4/c1-6-15-32-19(5)24(26(33)36-17-18(3)4)25(31-28(32)35)21-12-10-13-22(16-21)29-27(34)30-23-14-9-8-11-20(23)7-2/h8-14,16,18,25H,6-7,15,17H2,1-5H3,(H,31,35)(H2,29,30,34). The largest absolute Gasteiger partial charge is 0.462 e. The number of hydrogen-bond donors (Lipinski definition) is 3. The maximum absolute atomic E-state index is 13.1. The summed E-state index contributed by atoms with van der Waals surface area (Å²) in [6, 6.07) is 13.4. The van der Waals surface area contributed by atoms with E-state index in [0.717, 1.165) is 24.1 Å². The summed E-state index contributed by atoms with van der Waals surface area (Å²) in [6.45, 7) is 10.5. The summed E-state index contributed by atoms with van der Waals surface area (Å²) in [5, 5.41) is 8.69. The Morgan fingerprint density at radius 1 is 1.08 bits per heavy atom. The molecule has 0 aromatic heterocycles. The number of carbonyl (C=O) groups excluding carboxylic acids is 3. The van der Waals surface area contributed by atoms with Crippen molar-refractivity contribution in [2.45, 2.75) is 53.5 Å². The maximum Gasteiger partial charge on any atom is 0.338 e. The second kappa shape index (κ2) is 12.2. The lowest BCUT2D eigenvalue weighted by atomic mass is 9.94. The van der Waals surface area contributed by atoms with Crippen LogP contribution >= 0.6 is 0 Å². The van der Waals surface area contributed by atoms with E-state index >= 15 is 0 Å². The highest BCUT2D eigenvalue weighted by Gasteiger charge is 2.36. The van der Waals surface area contributed by atoms with Crippen molar-refractivity contribution in [3.63, 3.8) is 0 Å². The van der Waals surface area contributed by atoms with Crippen LogP contribution in [-0.2, 0) is 16.0 Å². The van der Waals surface area contributed by atoms with Crippen molar-refractivity contribution in [1.82, 2.24) is 10.2 Å². The number of hydrogen-bond acceptors (Lipinski definition) is 4. The summed E-state index contributed by atoms with van der Waals surface area (Å²) in [7, 11) is 0. The summed E-state index contributed by atoms with van der Waals surface area (Å²) < 4.78 is 5.56. The van der Waals surface area contributed by atoms with Gasteiger partial charge in [0.1, 0.15) is 0 Å². The van der Waals surface area contributed by atoms with Crippen molar-refractivity contribution >= 4 is 29.4 Å². The van der Waals surface area contributed by atoms with E-state index in [2.05, 4.69) is 16.0 Å². The van der Waals surface area contributed by atoms with E-state index in [4.69, 9.17) is 4.74 Å². The number of nitrogens with zero attached hydrogens (tertiary/aromatic N) is 1. The lowest BCUT2D eigenvalue weighted by Gasteiger charge is -2.35.